The third-order valence-electron chi connectivity index (χ3n) is 3.25. The zero-order valence-electron chi connectivity index (χ0n) is 9.77. The molecule has 2 N–H and O–H groups in total. The summed E-state index contributed by atoms with van der Waals surface area (Å²) in [7, 11) is 0. The van der Waals surface area contributed by atoms with Crippen LogP contribution in [-0.2, 0) is 0 Å². The first kappa shape index (κ1) is 11.6. The van der Waals surface area contributed by atoms with Crippen molar-refractivity contribution in [3.63, 3.8) is 0 Å². The summed E-state index contributed by atoms with van der Waals surface area (Å²) in [6.07, 6.45) is 1.01. The molecule has 1 aliphatic rings. The highest BCUT2D eigenvalue weighted by Gasteiger charge is 2.27. The van der Waals surface area contributed by atoms with Crippen LogP contribution in [0.25, 0.3) is 0 Å². The van der Waals surface area contributed by atoms with Gasteiger partial charge in [0, 0.05) is 24.0 Å². The first-order valence-corrected chi connectivity index (χ1v) is 6.51. The van der Waals surface area contributed by atoms with Crippen LogP contribution in [0.1, 0.15) is 27.9 Å². The molecule has 0 bridgehead atoms. The van der Waals surface area contributed by atoms with E-state index in [1.165, 1.54) is 4.88 Å². The van der Waals surface area contributed by atoms with Crippen LogP contribution in [0.4, 0.5) is 0 Å². The number of hydrogen-bond acceptors (Lipinski definition) is 3. The molecule has 2 atom stereocenters. The number of rotatable bonds is 1. The number of carbonyl (C=O) groups is 1. The Morgan fingerprint density at radius 2 is 2.31 bits per heavy atom. The SMILES string of the molecule is Cc1ccc(C(=O)N2CCC(C)C(N)C2)s1. The highest BCUT2D eigenvalue weighted by atomic mass is 32.1. The van der Waals surface area contributed by atoms with Crippen molar-refractivity contribution >= 4 is 17.2 Å². The van der Waals surface area contributed by atoms with Crippen LogP contribution in [0.15, 0.2) is 12.1 Å². The van der Waals surface area contributed by atoms with Crippen LogP contribution in [0.3, 0.4) is 0 Å². The highest BCUT2D eigenvalue weighted by Crippen LogP contribution is 2.21. The minimum atomic E-state index is 0.124. The van der Waals surface area contributed by atoms with Crippen molar-refractivity contribution in [1.82, 2.24) is 4.90 Å². The van der Waals surface area contributed by atoms with E-state index in [-0.39, 0.29) is 11.9 Å². The summed E-state index contributed by atoms with van der Waals surface area (Å²) < 4.78 is 0. The van der Waals surface area contributed by atoms with Crippen LogP contribution >= 0.6 is 11.3 Å². The van der Waals surface area contributed by atoms with E-state index < -0.39 is 0 Å². The number of nitrogens with zero attached hydrogens (tertiary/aromatic N) is 1. The summed E-state index contributed by atoms with van der Waals surface area (Å²) in [5.41, 5.74) is 6.00. The Hall–Kier alpha value is -0.870. The molecule has 2 rings (SSSR count). The van der Waals surface area contributed by atoms with Crippen LogP contribution in [0, 0.1) is 12.8 Å². The van der Waals surface area contributed by atoms with E-state index in [4.69, 9.17) is 5.73 Å². The number of nitrogens with two attached hydrogens (primary N) is 1. The number of aryl methyl sites for hydroxylation is 1. The van der Waals surface area contributed by atoms with Crippen LogP contribution in [-0.4, -0.2) is 29.9 Å². The molecule has 0 aliphatic carbocycles. The minimum absolute atomic E-state index is 0.124. The second-order valence-corrected chi connectivity index (χ2v) is 5.88. The van der Waals surface area contributed by atoms with Crippen LogP contribution in [0.2, 0.25) is 0 Å². The first-order valence-electron chi connectivity index (χ1n) is 5.69. The van der Waals surface area contributed by atoms with E-state index >= 15 is 0 Å². The average molecular weight is 238 g/mol. The third-order valence-corrected chi connectivity index (χ3v) is 4.24. The van der Waals surface area contributed by atoms with Gasteiger partial charge in [0.1, 0.15) is 0 Å². The maximum Gasteiger partial charge on any atom is 0.263 e. The third kappa shape index (κ3) is 2.28. The van der Waals surface area contributed by atoms with E-state index in [0.717, 1.165) is 17.8 Å². The Labute approximate surface area is 100 Å². The number of amides is 1. The van der Waals surface area contributed by atoms with Crippen molar-refractivity contribution in [1.29, 1.82) is 0 Å². The molecule has 1 aromatic rings. The average Bonchev–Trinajstić information content (AvgIpc) is 2.68. The summed E-state index contributed by atoms with van der Waals surface area (Å²) in [6.45, 7) is 5.70. The smallest absolute Gasteiger partial charge is 0.263 e. The number of carbonyl (C=O) groups excluding carboxylic acids is 1. The topological polar surface area (TPSA) is 46.3 Å². The molecule has 1 amide bonds. The largest absolute Gasteiger partial charge is 0.336 e. The maximum atomic E-state index is 12.1. The number of likely N-dealkylation sites (tertiary alicyclic amines) is 1. The Balaban J connectivity index is 2.06. The summed E-state index contributed by atoms with van der Waals surface area (Å²) in [4.78, 5) is 16.0. The summed E-state index contributed by atoms with van der Waals surface area (Å²) in [6, 6.07) is 4.02. The monoisotopic (exact) mass is 238 g/mol. The van der Waals surface area contributed by atoms with E-state index in [0.29, 0.717) is 12.5 Å². The van der Waals surface area contributed by atoms with Gasteiger partial charge in [0.25, 0.3) is 5.91 Å². The van der Waals surface area contributed by atoms with Crippen molar-refractivity contribution < 1.29 is 4.79 Å². The second kappa shape index (κ2) is 4.55. The Morgan fingerprint density at radius 1 is 1.56 bits per heavy atom. The Kier molecular flexibility index (Phi) is 3.30. The van der Waals surface area contributed by atoms with Gasteiger partial charge in [-0.15, -0.1) is 11.3 Å². The molecule has 16 heavy (non-hydrogen) atoms. The molecule has 1 aromatic heterocycles. The summed E-state index contributed by atoms with van der Waals surface area (Å²) >= 11 is 1.56. The maximum absolute atomic E-state index is 12.1. The van der Waals surface area contributed by atoms with E-state index in [2.05, 4.69) is 6.92 Å². The second-order valence-electron chi connectivity index (χ2n) is 4.59. The van der Waals surface area contributed by atoms with Gasteiger partial charge >= 0.3 is 0 Å². The molecule has 0 aromatic carbocycles. The Bertz CT molecular complexity index is 388. The molecule has 2 heterocycles. The molecule has 1 saturated heterocycles. The predicted octanol–water partition coefficient (Wildman–Crippen LogP) is 1.87. The van der Waals surface area contributed by atoms with Crippen LogP contribution < -0.4 is 5.73 Å². The van der Waals surface area contributed by atoms with Gasteiger partial charge in [0.2, 0.25) is 0 Å². The van der Waals surface area contributed by atoms with E-state index in [9.17, 15) is 4.79 Å². The fourth-order valence-corrected chi connectivity index (χ4v) is 2.82. The fraction of sp³-hybridized carbons (Fsp3) is 0.583. The van der Waals surface area contributed by atoms with Gasteiger partial charge in [-0.1, -0.05) is 6.92 Å². The van der Waals surface area contributed by atoms with Crippen molar-refractivity contribution in [2.75, 3.05) is 13.1 Å². The standard InChI is InChI=1S/C12H18N2OS/c1-8-5-6-14(7-10(8)13)12(15)11-4-3-9(2)16-11/h3-4,8,10H,5-7,13H2,1-2H3. The lowest BCUT2D eigenvalue weighted by Crippen LogP contribution is -2.49. The molecule has 0 spiro atoms. The first-order chi connectivity index (χ1) is 7.58. The molecule has 0 saturated carbocycles. The zero-order valence-corrected chi connectivity index (χ0v) is 10.6. The molecule has 1 aliphatic heterocycles. The number of hydrogen-bond donors (Lipinski definition) is 1. The van der Waals surface area contributed by atoms with Crippen molar-refractivity contribution in [3.8, 4) is 0 Å². The van der Waals surface area contributed by atoms with Gasteiger partial charge in [0.05, 0.1) is 4.88 Å². The number of piperidine rings is 1. The lowest BCUT2D eigenvalue weighted by Gasteiger charge is -2.34. The lowest BCUT2D eigenvalue weighted by atomic mass is 9.94. The van der Waals surface area contributed by atoms with Crippen molar-refractivity contribution in [2.24, 2.45) is 11.7 Å². The minimum Gasteiger partial charge on any atom is -0.336 e. The molecule has 4 heteroatoms. The predicted molar refractivity (Wildman–Crippen MR) is 66.7 cm³/mol. The van der Waals surface area contributed by atoms with Gasteiger partial charge in [-0.25, -0.2) is 0 Å². The van der Waals surface area contributed by atoms with Crippen LogP contribution in [0.5, 0.6) is 0 Å². The lowest BCUT2D eigenvalue weighted by molar-refractivity contribution is 0.0677. The van der Waals surface area contributed by atoms with Gasteiger partial charge in [-0.2, -0.15) is 0 Å². The normalized spacial score (nSPS) is 25.8. The molecule has 3 nitrogen and oxygen atoms in total. The molecule has 88 valence electrons. The zero-order chi connectivity index (χ0) is 11.7. The fourth-order valence-electron chi connectivity index (χ4n) is 1.99. The Morgan fingerprint density at radius 3 is 2.88 bits per heavy atom. The van der Waals surface area contributed by atoms with Gasteiger partial charge in [-0.05, 0) is 31.4 Å². The van der Waals surface area contributed by atoms with Crippen molar-refractivity contribution in [3.05, 3.63) is 21.9 Å². The van der Waals surface area contributed by atoms with Gasteiger partial charge < -0.3 is 10.6 Å². The van der Waals surface area contributed by atoms with Gasteiger partial charge in [-0.3, -0.25) is 4.79 Å². The summed E-state index contributed by atoms with van der Waals surface area (Å²) in [5.74, 6) is 0.662. The van der Waals surface area contributed by atoms with Crippen molar-refractivity contribution in [2.45, 2.75) is 26.3 Å². The molecule has 0 radical (unpaired) electrons. The number of thiophene rings is 1. The van der Waals surface area contributed by atoms with E-state index in [1.54, 1.807) is 11.3 Å². The van der Waals surface area contributed by atoms with E-state index in [1.807, 2.05) is 24.0 Å². The molecular formula is C12H18N2OS. The van der Waals surface area contributed by atoms with Gasteiger partial charge in [0.15, 0.2) is 0 Å². The highest BCUT2D eigenvalue weighted by molar-refractivity contribution is 7.13. The molecule has 1 fully saturated rings. The molecular weight excluding hydrogens is 220 g/mol. The quantitative estimate of drug-likeness (QED) is 0.812. The molecule has 2 unspecified atom stereocenters. The summed E-state index contributed by atoms with van der Waals surface area (Å²) in [5, 5.41) is 0.